The summed E-state index contributed by atoms with van der Waals surface area (Å²) >= 11 is 0. The fourth-order valence-corrected chi connectivity index (χ4v) is 8.01. The van der Waals surface area contributed by atoms with Crippen molar-refractivity contribution in [2.75, 3.05) is 39.3 Å². The Balaban J connectivity index is 1.85. The van der Waals surface area contributed by atoms with Crippen molar-refractivity contribution in [1.82, 2.24) is 4.90 Å². The molecular formula is C27H36N2O6. The number of hydrogen-bond donors (Lipinski definition) is 1. The Kier molecular flexibility index (Phi) is 5.68. The van der Waals surface area contributed by atoms with Crippen LogP contribution in [0.3, 0.4) is 0 Å². The van der Waals surface area contributed by atoms with Crippen molar-refractivity contribution in [1.29, 1.82) is 0 Å². The number of ether oxygens (including phenoxy) is 3. The first-order valence-electron chi connectivity index (χ1n) is 12.5. The highest BCUT2D eigenvalue weighted by Gasteiger charge is 2.80. The first kappa shape index (κ1) is 24.1. The first-order valence-corrected chi connectivity index (χ1v) is 12.5. The quantitative estimate of drug-likeness (QED) is 0.487. The third kappa shape index (κ3) is 2.93. The van der Waals surface area contributed by atoms with E-state index in [0.29, 0.717) is 12.2 Å². The molecule has 8 heteroatoms. The summed E-state index contributed by atoms with van der Waals surface area (Å²) in [6, 6.07) is 5.28. The van der Waals surface area contributed by atoms with E-state index < -0.39 is 40.5 Å². The van der Waals surface area contributed by atoms with Gasteiger partial charge in [0.15, 0.2) is 6.10 Å². The minimum Gasteiger partial charge on any atom is -0.497 e. The average Bonchev–Trinajstić information content (AvgIpc) is 3.36. The molecule has 5 rings (SSSR count). The van der Waals surface area contributed by atoms with Gasteiger partial charge >= 0.3 is 11.9 Å². The SMILES string of the molecule is CCCCC12C=CCN3CCC4(c5ccc(OC)cc5N(C)C4C(O)(C(=O)OC)C1OC(C)=O)C32. The van der Waals surface area contributed by atoms with Crippen LogP contribution in [-0.4, -0.2) is 80.1 Å². The molecule has 35 heavy (non-hydrogen) atoms. The number of carbonyl (C=O) groups excluding carboxylic acids is 2. The van der Waals surface area contributed by atoms with Crippen molar-refractivity contribution < 1.29 is 28.9 Å². The number of methoxy groups -OCH3 is 2. The molecule has 3 aliphatic heterocycles. The largest absolute Gasteiger partial charge is 0.497 e. The van der Waals surface area contributed by atoms with E-state index in [0.717, 1.165) is 43.6 Å². The van der Waals surface area contributed by atoms with E-state index in [2.05, 4.69) is 30.0 Å². The summed E-state index contributed by atoms with van der Waals surface area (Å²) in [6.45, 7) is 5.06. The van der Waals surface area contributed by atoms with Gasteiger partial charge in [0.1, 0.15) is 5.75 Å². The van der Waals surface area contributed by atoms with E-state index >= 15 is 0 Å². The lowest BCUT2D eigenvalue weighted by molar-refractivity contribution is -0.229. The summed E-state index contributed by atoms with van der Waals surface area (Å²) in [6.07, 6.45) is 6.40. The lowest BCUT2D eigenvalue weighted by atomic mass is 9.47. The number of hydrogen-bond acceptors (Lipinski definition) is 8. The van der Waals surface area contributed by atoms with Gasteiger partial charge in [0.2, 0.25) is 5.60 Å². The molecule has 2 fully saturated rings. The van der Waals surface area contributed by atoms with E-state index in [4.69, 9.17) is 14.2 Å². The zero-order chi connectivity index (χ0) is 25.2. The number of esters is 2. The summed E-state index contributed by atoms with van der Waals surface area (Å²) in [5, 5.41) is 12.6. The van der Waals surface area contributed by atoms with Crippen LogP contribution < -0.4 is 9.64 Å². The molecule has 1 aromatic rings. The Morgan fingerprint density at radius 1 is 1.23 bits per heavy atom. The number of benzene rings is 1. The predicted molar refractivity (Wildman–Crippen MR) is 130 cm³/mol. The lowest BCUT2D eigenvalue weighted by Crippen LogP contribution is -2.81. The third-order valence-corrected chi connectivity index (χ3v) is 8.97. The molecule has 0 bridgehead atoms. The van der Waals surface area contributed by atoms with Crippen LogP contribution in [0, 0.1) is 5.41 Å². The highest BCUT2D eigenvalue weighted by molar-refractivity contribution is 5.87. The Morgan fingerprint density at radius 3 is 2.66 bits per heavy atom. The Morgan fingerprint density at radius 2 is 2.00 bits per heavy atom. The molecule has 190 valence electrons. The standard InChI is InChI=1S/C27H36N2O6/c1-6-7-11-25-12-8-14-29-15-13-26(21(25)29)19-10-9-18(33-4)16-20(19)28(3)22(26)27(32,24(31)34-5)23(25)35-17(2)30/h8-10,12,16,21-23,32H,6-7,11,13-15H2,1-5H3. The van der Waals surface area contributed by atoms with Crippen LogP contribution in [0.2, 0.25) is 0 Å². The van der Waals surface area contributed by atoms with Crippen LogP contribution in [-0.2, 0) is 24.5 Å². The Labute approximate surface area is 206 Å². The Bertz CT molecular complexity index is 1070. The second kappa shape index (κ2) is 8.23. The monoisotopic (exact) mass is 484 g/mol. The molecule has 6 unspecified atom stereocenters. The molecular weight excluding hydrogens is 448 g/mol. The molecule has 1 aromatic carbocycles. The average molecular weight is 485 g/mol. The number of carbonyl (C=O) groups is 2. The first-order chi connectivity index (χ1) is 16.7. The zero-order valence-electron chi connectivity index (χ0n) is 21.2. The van der Waals surface area contributed by atoms with Gasteiger partial charge in [-0.2, -0.15) is 0 Å². The summed E-state index contributed by atoms with van der Waals surface area (Å²) in [5.41, 5.74) is -1.38. The summed E-state index contributed by atoms with van der Waals surface area (Å²) < 4.78 is 16.8. The second-order valence-corrected chi connectivity index (χ2v) is 10.5. The van der Waals surface area contributed by atoms with Crippen LogP contribution in [0.1, 0.15) is 45.1 Å². The van der Waals surface area contributed by atoms with Crippen molar-refractivity contribution in [3.8, 4) is 5.75 Å². The van der Waals surface area contributed by atoms with Crippen LogP contribution in [0.5, 0.6) is 5.75 Å². The molecule has 1 aliphatic carbocycles. The topological polar surface area (TPSA) is 88.5 Å². The number of likely N-dealkylation sites (N-methyl/N-ethyl adjacent to an activating group) is 1. The van der Waals surface area contributed by atoms with Gasteiger partial charge in [-0.1, -0.05) is 38.0 Å². The van der Waals surface area contributed by atoms with Gasteiger partial charge in [0.25, 0.3) is 0 Å². The van der Waals surface area contributed by atoms with Gasteiger partial charge in [0, 0.05) is 49.1 Å². The summed E-state index contributed by atoms with van der Waals surface area (Å²) in [4.78, 5) is 30.6. The molecule has 1 saturated carbocycles. The number of anilines is 1. The number of nitrogens with zero attached hydrogens (tertiary/aromatic N) is 2. The molecule has 1 saturated heterocycles. The number of fused-ring (bicyclic) bond motifs is 1. The molecule has 0 aromatic heterocycles. The third-order valence-electron chi connectivity index (χ3n) is 8.97. The second-order valence-electron chi connectivity index (χ2n) is 10.5. The van der Waals surface area contributed by atoms with Crippen LogP contribution in [0.25, 0.3) is 0 Å². The molecule has 0 radical (unpaired) electrons. The maximum Gasteiger partial charge on any atom is 0.344 e. The molecule has 3 heterocycles. The van der Waals surface area contributed by atoms with E-state index in [1.165, 1.54) is 14.0 Å². The minimum absolute atomic E-state index is 0.0528. The maximum atomic E-state index is 13.7. The van der Waals surface area contributed by atoms with Crippen LogP contribution >= 0.6 is 0 Å². The van der Waals surface area contributed by atoms with Crippen LogP contribution in [0.4, 0.5) is 5.69 Å². The summed E-state index contributed by atoms with van der Waals surface area (Å²) in [5.74, 6) is -0.588. The minimum atomic E-state index is -2.08. The van der Waals surface area contributed by atoms with E-state index in [-0.39, 0.29) is 6.04 Å². The maximum absolute atomic E-state index is 13.7. The molecule has 8 nitrogen and oxygen atoms in total. The van der Waals surface area contributed by atoms with Crippen molar-refractivity contribution in [2.45, 2.75) is 68.7 Å². The number of rotatable bonds is 6. The van der Waals surface area contributed by atoms with Gasteiger partial charge in [-0.05, 0) is 31.0 Å². The summed E-state index contributed by atoms with van der Waals surface area (Å²) in [7, 11) is 4.81. The van der Waals surface area contributed by atoms with Crippen LogP contribution in [0.15, 0.2) is 30.4 Å². The highest BCUT2D eigenvalue weighted by atomic mass is 16.6. The zero-order valence-corrected chi connectivity index (χ0v) is 21.2. The van der Waals surface area contributed by atoms with E-state index in [1.807, 2.05) is 24.1 Å². The van der Waals surface area contributed by atoms with Crippen molar-refractivity contribution in [2.24, 2.45) is 5.41 Å². The predicted octanol–water partition coefficient (Wildman–Crippen LogP) is 2.42. The van der Waals surface area contributed by atoms with Gasteiger partial charge < -0.3 is 24.2 Å². The van der Waals surface area contributed by atoms with Gasteiger partial charge in [-0.25, -0.2) is 4.79 Å². The Hall–Kier alpha value is -2.58. The van der Waals surface area contributed by atoms with Crippen molar-refractivity contribution >= 4 is 17.6 Å². The van der Waals surface area contributed by atoms with E-state index in [9.17, 15) is 14.7 Å². The molecule has 1 N–H and O–H groups in total. The van der Waals surface area contributed by atoms with Gasteiger partial charge in [-0.3, -0.25) is 9.69 Å². The normalized spacial score (nSPS) is 36.9. The van der Waals surface area contributed by atoms with Gasteiger partial charge in [0.05, 0.1) is 20.3 Å². The van der Waals surface area contributed by atoms with Crippen molar-refractivity contribution in [3.63, 3.8) is 0 Å². The molecule has 0 amide bonds. The number of aliphatic hydroxyl groups is 1. The van der Waals surface area contributed by atoms with Gasteiger partial charge in [-0.15, -0.1) is 0 Å². The molecule has 4 aliphatic rings. The highest BCUT2D eigenvalue weighted by Crippen LogP contribution is 2.67. The fourth-order valence-electron chi connectivity index (χ4n) is 8.01. The van der Waals surface area contributed by atoms with E-state index in [1.54, 1.807) is 7.11 Å². The smallest absolute Gasteiger partial charge is 0.344 e. The number of unbranched alkanes of at least 4 members (excludes halogenated alkanes) is 1. The molecule has 1 spiro atoms. The molecule has 6 atom stereocenters. The lowest BCUT2D eigenvalue weighted by Gasteiger charge is -2.63. The fraction of sp³-hybridized carbons (Fsp3) is 0.630. The van der Waals surface area contributed by atoms with Crippen molar-refractivity contribution in [3.05, 3.63) is 35.9 Å².